The number of nitrogens with zero attached hydrogens (tertiary/aromatic N) is 6. The Labute approximate surface area is 150 Å². The van der Waals surface area contributed by atoms with Crippen LogP contribution in [-0.2, 0) is 6.42 Å². The highest BCUT2D eigenvalue weighted by Gasteiger charge is 2.09. The number of rotatable bonds is 5. The zero-order valence-electron chi connectivity index (χ0n) is 14.1. The molecule has 0 bridgehead atoms. The van der Waals surface area contributed by atoms with Crippen LogP contribution in [0.15, 0.2) is 67.1 Å². The van der Waals surface area contributed by atoms with Crippen LogP contribution in [0.3, 0.4) is 0 Å². The van der Waals surface area contributed by atoms with Gasteiger partial charge >= 0.3 is 0 Å². The molecule has 0 aliphatic rings. The number of hydrogen-bond donors (Lipinski definition) is 0. The Bertz CT molecular complexity index is 1000. The van der Waals surface area contributed by atoms with Crippen LogP contribution in [-0.4, -0.2) is 29.9 Å². The number of benzene rings is 1. The molecule has 26 heavy (non-hydrogen) atoms. The van der Waals surface area contributed by atoms with Crippen molar-refractivity contribution in [1.29, 1.82) is 0 Å². The summed E-state index contributed by atoms with van der Waals surface area (Å²) in [5, 5.41) is 7.82. The van der Waals surface area contributed by atoms with E-state index >= 15 is 0 Å². The molecule has 0 saturated heterocycles. The second-order valence-corrected chi connectivity index (χ2v) is 5.54. The number of pyridine rings is 1. The van der Waals surface area contributed by atoms with E-state index in [1.165, 1.54) is 0 Å². The molecule has 0 atom stereocenters. The van der Waals surface area contributed by atoms with Crippen LogP contribution in [0.2, 0.25) is 0 Å². The molecular formula is C19H16N6O. The normalized spacial score (nSPS) is 10.7. The Morgan fingerprint density at radius 1 is 1.00 bits per heavy atom. The van der Waals surface area contributed by atoms with Crippen molar-refractivity contribution in [1.82, 2.24) is 29.9 Å². The molecule has 7 nitrogen and oxygen atoms in total. The van der Waals surface area contributed by atoms with Crippen LogP contribution in [0.4, 0.5) is 0 Å². The lowest BCUT2D eigenvalue weighted by atomic mass is 10.3. The summed E-state index contributed by atoms with van der Waals surface area (Å²) in [6.45, 7) is 2.04. The summed E-state index contributed by atoms with van der Waals surface area (Å²) in [5.74, 6) is 1.69. The third-order valence-electron chi connectivity index (χ3n) is 3.74. The van der Waals surface area contributed by atoms with Crippen LogP contribution in [0.5, 0.6) is 11.6 Å². The number of hydrogen-bond acceptors (Lipinski definition) is 6. The van der Waals surface area contributed by atoms with Crippen LogP contribution in [0.25, 0.3) is 17.2 Å². The second-order valence-electron chi connectivity index (χ2n) is 5.54. The van der Waals surface area contributed by atoms with Crippen LogP contribution in [0, 0.1) is 0 Å². The minimum Gasteiger partial charge on any atom is -0.439 e. The summed E-state index contributed by atoms with van der Waals surface area (Å²) in [6, 6.07) is 15.1. The van der Waals surface area contributed by atoms with E-state index in [2.05, 4.69) is 25.3 Å². The first kappa shape index (κ1) is 15.9. The first-order valence-corrected chi connectivity index (χ1v) is 8.26. The SMILES string of the molecule is CCc1cc(Oc2cccc(-n3ccnn3)c2)nc(-c2ccccn2)n1. The zero-order chi connectivity index (χ0) is 17.8. The predicted octanol–water partition coefficient (Wildman–Crippen LogP) is 3.47. The van der Waals surface area contributed by atoms with Crippen molar-refractivity contribution < 1.29 is 4.74 Å². The highest BCUT2D eigenvalue weighted by atomic mass is 16.5. The molecule has 0 saturated carbocycles. The standard InChI is InChI=1S/C19H16N6O/c1-2-14-12-18(23-19(22-14)17-8-3-4-9-20-17)26-16-7-5-6-15(13-16)25-11-10-21-24-25/h3-13H,2H2,1H3. The molecule has 3 aromatic heterocycles. The van der Waals surface area contributed by atoms with Gasteiger partial charge < -0.3 is 4.74 Å². The molecule has 0 N–H and O–H groups in total. The first-order valence-electron chi connectivity index (χ1n) is 8.26. The van der Waals surface area contributed by atoms with Gasteiger partial charge in [-0.3, -0.25) is 4.98 Å². The van der Waals surface area contributed by atoms with Crippen molar-refractivity contribution in [2.24, 2.45) is 0 Å². The molecule has 0 aliphatic carbocycles. The fraction of sp³-hybridized carbons (Fsp3) is 0.105. The molecule has 3 heterocycles. The van der Waals surface area contributed by atoms with Gasteiger partial charge in [-0.2, -0.15) is 4.98 Å². The smallest absolute Gasteiger partial charge is 0.223 e. The Hall–Kier alpha value is -3.61. The second kappa shape index (κ2) is 7.10. The van der Waals surface area contributed by atoms with Gasteiger partial charge in [0.15, 0.2) is 5.82 Å². The van der Waals surface area contributed by atoms with Crippen LogP contribution in [0.1, 0.15) is 12.6 Å². The van der Waals surface area contributed by atoms with E-state index in [-0.39, 0.29) is 0 Å². The van der Waals surface area contributed by atoms with Gasteiger partial charge in [0.05, 0.1) is 18.1 Å². The van der Waals surface area contributed by atoms with E-state index in [1.54, 1.807) is 23.3 Å². The lowest BCUT2D eigenvalue weighted by molar-refractivity contribution is 0.460. The summed E-state index contributed by atoms with van der Waals surface area (Å²) in [5.41, 5.74) is 2.46. The van der Waals surface area contributed by atoms with Crippen LogP contribution < -0.4 is 4.74 Å². The quantitative estimate of drug-likeness (QED) is 0.551. The Morgan fingerprint density at radius 2 is 1.96 bits per heavy atom. The average molecular weight is 344 g/mol. The highest BCUT2D eigenvalue weighted by Crippen LogP contribution is 2.24. The maximum Gasteiger partial charge on any atom is 0.223 e. The zero-order valence-corrected chi connectivity index (χ0v) is 14.1. The van der Waals surface area contributed by atoms with Gasteiger partial charge in [0.1, 0.15) is 11.4 Å². The molecule has 7 heteroatoms. The first-order chi connectivity index (χ1) is 12.8. The molecule has 4 rings (SSSR count). The molecule has 0 spiro atoms. The van der Waals surface area contributed by atoms with Gasteiger partial charge in [0.2, 0.25) is 5.88 Å². The molecule has 0 amide bonds. The third-order valence-corrected chi connectivity index (χ3v) is 3.74. The molecule has 0 fully saturated rings. The van der Waals surface area contributed by atoms with Crippen molar-refractivity contribution in [3.8, 4) is 28.8 Å². The summed E-state index contributed by atoms with van der Waals surface area (Å²) in [4.78, 5) is 13.4. The van der Waals surface area contributed by atoms with Gasteiger partial charge in [0, 0.05) is 24.0 Å². The molecular weight excluding hydrogens is 328 g/mol. The number of aryl methyl sites for hydroxylation is 1. The average Bonchev–Trinajstić information content (AvgIpc) is 3.23. The van der Waals surface area contributed by atoms with Gasteiger partial charge in [-0.25, -0.2) is 9.67 Å². The van der Waals surface area contributed by atoms with Crippen molar-refractivity contribution in [2.45, 2.75) is 13.3 Å². The van der Waals surface area contributed by atoms with E-state index in [1.807, 2.05) is 55.5 Å². The van der Waals surface area contributed by atoms with Gasteiger partial charge in [-0.1, -0.05) is 24.3 Å². The maximum atomic E-state index is 5.98. The van der Waals surface area contributed by atoms with E-state index in [9.17, 15) is 0 Å². The molecule has 0 unspecified atom stereocenters. The molecule has 128 valence electrons. The van der Waals surface area contributed by atoms with Gasteiger partial charge in [-0.05, 0) is 30.7 Å². The molecule has 0 aliphatic heterocycles. The minimum atomic E-state index is 0.480. The Morgan fingerprint density at radius 3 is 2.73 bits per heavy atom. The highest BCUT2D eigenvalue weighted by molar-refractivity contribution is 5.50. The lowest BCUT2D eigenvalue weighted by Crippen LogP contribution is -2.00. The monoisotopic (exact) mass is 344 g/mol. The molecule has 0 radical (unpaired) electrons. The number of ether oxygens (including phenoxy) is 1. The fourth-order valence-electron chi connectivity index (χ4n) is 2.47. The summed E-state index contributed by atoms with van der Waals surface area (Å²) < 4.78 is 7.65. The number of aromatic nitrogens is 6. The van der Waals surface area contributed by atoms with E-state index in [0.29, 0.717) is 23.1 Å². The predicted molar refractivity (Wildman–Crippen MR) is 96.1 cm³/mol. The van der Waals surface area contributed by atoms with Crippen molar-refractivity contribution in [3.05, 3.63) is 72.8 Å². The summed E-state index contributed by atoms with van der Waals surface area (Å²) in [7, 11) is 0. The summed E-state index contributed by atoms with van der Waals surface area (Å²) in [6.07, 6.45) is 5.90. The Kier molecular flexibility index (Phi) is 4.34. The maximum absolute atomic E-state index is 5.98. The summed E-state index contributed by atoms with van der Waals surface area (Å²) >= 11 is 0. The Balaban J connectivity index is 1.67. The van der Waals surface area contributed by atoms with E-state index in [4.69, 9.17) is 4.74 Å². The van der Waals surface area contributed by atoms with Crippen molar-refractivity contribution >= 4 is 0 Å². The molecule has 4 aromatic rings. The van der Waals surface area contributed by atoms with Gasteiger partial charge in [0.25, 0.3) is 0 Å². The molecule has 1 aromatic carbocycles. The largest absolute Gasteiger partial charge is 0.439 e. The lowest BCUT2D eigenvalue weighted by Gasteiger charge is -2.09. The minimum absolute atomic E-state index is 0.480. The third kappa shape index (κ3) is 3.41. The van der Waals surface area contributed by atoms with Crippen molar-refractivity contribution in [3.63, 3.8) is 0 Å². The van der Waals surface area contributed by atoms with Crippen LogP contribution >= 0.6 is 0 Å². The fourth-order valence-corrected chi connectivity index (χ4v) is 2.47. The van der Waals surface area contributed by atoms with Crippen molar-refractivity contribution in [2.75, 3.05) is 0 Å². The topological polar surface area (TPSA) is 78.6 Å². The van der Waals surface area contributed by atoms with Gasteiger partial charge in [-0.15, -0.1) is 5.10 Å². The van der Waals surface area contributed by atoms with E-state index < -0.39 is 0 Å². The van der Waals surface area contributed by atoms with E-state index in [0.717, 1.165) is 17.8 Å².